The number of carbonyl (C=O) groups excluding carboxylic acids is 1. The summed E-state index contributed by atoms with van der Waals surface area (Å²) in [4.78, 5) is 15.7. The minimum atomic E-state index is -0.520. The van der Waals surface area contributed by atoms with Crippen LogP contribution in [-0.4, -0.2) is 28.8 Å². The van der Waals surface area contributed by atoms with E-state index < -0.39 is 5.97 Å². The maximum absolute atomic E-state index is 11.5. The smallest absolute Gasteiger partial charge is 0.379 e. The van der Waals surface area contributed by atoms with Gasteiger partial charge in [0.25, 0.3) is 5.82 Å². The Balaban J connectivity index is 1.66. The molecule has 2 fully saturated rings. The normalized spacial score (nSPS) is 29.8. The number of nitrogens with zero attached hydrogens (tertiary/aromatic N) is 2. The molecule has 0 amide bonds. The molecular weight excluding hydrogens is 258 g/mol. The summed E-state index contributed by atoms with van der Waals surface area (Å²) in [5.41, 5.74) is 0. The molecule has 3 atom stereocenters. The molecule has 110 valence electrons. The quantitative estimate of drug-likeness (QED) is 0.855. The van der Waals surface area contributed by atoms with Crippen molar-refractivity contribution in [2.75, 3.05) is 6.61 Å². The topological polar surface area (TPSA) is 77.2 Å². The molecule has 3 unspecified atom stereocenters. The Bertz CT molecular complexity index is 474. The second-order valence-corrected chi connectivity index (χ2v) is 5.62. The molecule has 1 N–H and O–H groups in total. The standard InChI is InChI=1S/C14H21N3O3/c1-2-19-14(18)12-16-13(20-17-12)11-8-7-9-5-3-4-6-10(9)15-11/h9-11,15H,2-8H2,1H3. The molecule has 2 aliphatic rings. The van der Waals surface area contributed by atoms with Gasteiger partial charge in [-0.05, 0) is 43.7 Å². The molecule has 6 nitrogen and oxygen atoms in total. The molecule has 1 saturated heterocycles. The number of ether oxygens (including phenoxy) is 1. The van der Waals surface area contributed by atoms with Crippen LogP contribution in [-0.2, 0) is 4.74 Å². The first-order valence-electron chi connectivity index (χ1n) is 7.54. The Morgan fingerprint density at radius 1 is 1.35 bits per heavy atom. The molecule has 1 aliphatic carbocycles. The Kier molecular flexibility index (Phi) is 4.00. The second-order valence-electron chi connectivity index (χ2n) is 5.62. The van der Waals surface area contributed by atoms with Gasteiger partial charge in [0.05, 0.1) is 12.6 Å². The fourth-order valence-corrected chi connectivity index (χ4v) is 3.35. The van der Waals surface area contributed by atoms with Crippen molar-refractivity contribution in [1.82, 2.24) is 15.5 Å². The summed E-state index contributed by atoms with van der Waals surface area (Å²) >= 11 is 0. The first-order valence-corrected chi connectivity index (χ1v) is 7.54. The van der Waals surface area contributed by atoms with Gasteiger partial charge >= 0.3 is 5.97 Å². The number of fused-ring (bicyclic) bond motifs is 1. The van der Waals surface area contributed by atoms with Crippen molar-refractivity contribution < 1.29 is 14.1 Å². The van der Waals surface area contributed by atoms with Crippen molar-refractivity contribution in [3.63, 3.8) is 0 Å². The van der Waals surface area contributed by atoms with Crippen molar-refractivity contribution in [3.8, 4) is 0 Å². The van der Waals surface area contributed by atoms with Crippen molar-refractivity contribution in [2.45, 2.75) is 57.5 Å². The van der Waals surface area contributed by atoms with E-state index in [1.807, 2.05) is 0 Å². The molecule has 20 heavy (non-hydrogen) atoms. The molecule has 1 saturated carbocycles. The maximum atomic E-state index is 11.5. The van der Waals surface area contributed by atoms with Crippen LogP contribution in [0.15, 0.2) is 4.52 Å². The molecule has 2 heterocycles. The average Bonchev–Trinajstić information content (AvgIpc) is 2.97. The highest BCUT2D eigenvalue weighted by Gasteiger charge is 2.34. The van der Waals surface area contributed by atoms with Crippen molar-refractivity contribution in [2.24, 2.45) is 5.92 Å². The number of nitrogens with one attached hydrogen (secondary N) is 1. The zero-order valence-corrected chi connectivity index (χ0v) is 11.8. The fraction of sp³-hybridized carbons (Fsp3) is 0.786. The Labute approximate surface area is 118 Å². The SMILES string of the molecule is CCOC(=O)c1noc(C2CCC3CCCCC3N2)n1. The Hall–Kier alpha value is -1.43. The fourth-order valence-electron chi connectivity index (χ4n) is 3.35. The van der Waals surface area contributed by atoms with Crippen molar-refractivity contribution in [1.29, 1.82) is 0 Å². The van der Waals surface area contributed by atoms with Crippen LogP contribution >= 0.6 is 0 Å². The summed E-state index contributed by atoms with van der Waals surface area (Å²) in [5, 5.41) is 7.32. The van der Waals surface area contributed by atoms with Crippen LogP contribution in [0, 0.1) is 5.92 Å². The summed E-state index contributed by atoms with van der Waals surface area (Å²) in [6.07, 6.45) is 7.37. The van der Waals surface area contributed by atoms with Crippen LogP contribution in [0.3, 0.4) is 0 Å². The summed E-state index contributed by atoms with van der Waals surface area (Å²) in [6.45, 7) is 2.07. The van der Waals surface area contributed by atoms with E-state index >= 15 is 0 Å². The average molecular weight is 279 g/mol. The summed E-state index contributed by atoms with van der Waals surface area (Å²) < 4.78 is 10.1. The summed E-state index contributed by atoms with van der Waals surface area (Å²) in [6, 6.07) is 0.630. The molecular formula is C14H21N3O3. The van der Waals surface area contributed by atoms with Gasteiger partial charge in [0.15, 0.2) is 0 Å². The first kappa shape index (κ1) is 13.5. The predicted molar refractivity (Wildman–Crippen MR) is 71.1 cm³/mol. The lowest BCUT2D eigenvalue weighted by Crippen LogP contribution is -2.44. The van der Waals surface area contributed by atoms with Gasteiger partial charge in [-0.3, -0.25) is 0 Å². The van der Waals surface area contributed by atoms with Crippen LogP contribution in [0.25, 0.3) is 0 Å². The Morgan fingerprint density at radius 3 is 3.05 bits per heavy atom. The van der Waals surface area contributed by atoms with Crippen LogP contribution in [0.5, 0.6) is 0 Å². The molecule has 0 bridgehead atoms. The third kappa shape index (κ3) is 2.70. The number of hydrogen-bond donors (Lipinski definition) is 1. The lowest BCUT2D eigenvalue weighted by molar-refractivity contribution is 0.0508. The maximum Gasteiger partial charge on any atom is 0.379 e. The number of carbonyl (C=O) groups is 1. The van der Waals surface area contributed by atoms with E-state index in [2.05, 4.69) is 15.5 Å². The zero-order valence-electron chi connectivity index (χ0n) is 11.8. The minimum Gasteiger partial charge on any atom is -0.460 e. The van der Waals surface area contributed by atoms with Crippen LogP contribution < -0.4 is 5.32 Å². The molecule has 0 spiro atoms. The summed E-state index contributed by atoms with van der Waals surface area (Å²) in [7, 11) is 0. The van der Waals surface area contributed by atoms with Crippen LogP contribution in [0.2, 0.25) is 0 Å². The molecule has 1 aromatic rings. The van der Waals surface area contributed by atoms with E-state index in [0.717, 1.165) is 12.3 Å². The highest BCUT2D eigenvalue weighted by Crippen LogP contribution is 2.36. The van der Waals surface area contributed by atoms with Gasteiger partial charge in [0, 0.05) is 6.04 Å². The van der Waals surface area contributed by atoms with E-state index in [0.29, 0.717) is 18.5 Å². The largest absolute Gasteiger partial charge is 0.460 e. The second kappa shape index (κ2) is 5.91. The van der Waals surface area contributed by atoms with Crippen LogP contribution in [0.1, 0.15) is 68.0 Å². The van der Waals surface area contributed by atoms with Gasteiger partial charge in [-0.25, -0.2) is 4.79 Å². The minimum absolute atomic E-state index is 0.0226. The lowest BCUT2D eigenvalue weighted by Gasteiger charge is -2.39. The third-order valence-corrected chi connectivity index (χ3v) is 4.35. The van der Waals surface area contributed by atoms with Crippen LogP contribution in [0.4, 0.5) is 0 Å². The van der Waals surface area contributed by atoms with E-state index in [-0.39, 0.29) is 11.9 Å². The van der Waals surface area contributed by atoms with Crippen molar-refractivity contribution >= 4 is 5.97 Å². The first-order chi connectivity index (χ1) is 9.78. The van der Waals surface area contributed by atoms with E-state index in [4.69, 9.17) is 9.26 Å². The number of esters is 1. The molecule has 0 radical (unpaired) electrons. The van der Waals surface area contributed by atoms with E-state index in [1.54, 1.807) is 6.92 Å². The van der Waals surface area contributed by atoms with Gasteiger partial charge in [0.2, 0.25) is 5.89 Å². The molecule has 1 aromatic heterocycles. The van der Waals surface area contributed by atoms with E-state index in [9.17, 15) is 4.79 Å². The lowest BCUT2D eigenvalue weighted by atomic mass is 9.78. The molecule has 3 rings (SSSR count). The van der Waals surface area contributed by atoms with Gasteiger partial charge in [-0.1, -0.05) is 12.8 Å². The number of rotatable bonds is 3. The third-order valence-electron chi connectivity index (χ3n) is 4.35. The highest BCUT2D eigenvalue weighted by atomic mass is 16.5. The van der Waals surface area contributed by atoms with Gasteiger partial charge in [-0.15, -0.1) is 0 Å². The van der Waals surface area contributed by atoms with E-state index in [1.165, 1.54) is 32.1 Å². The Morgan fingerprint density at radius 2 is 2.20 bits per heavy atom. The number of aromatic nitrogens is 2. The van der Waals surface area contributed by atoms with Gasteiger partial charge in [0.1, 0.15) is 0 Å². The number of piperidine rings is 1. The molecule has 6 heteroatoms. The summed E-state index contributed by atoms with van der Waals surface area (Å²) in [5.74, 6) is 0.799. The highest BCUT2D eigenvalue weighted by molar-refractivity contribution is 5.84. The number of hydrogen-bond acceptors (Lipinski definition) is 6. The molecule has 0 aromatic carbocycles. The van der Waals surface area contributed by atoms with Gasteiger partial charge < -0.3 is 14.6 Å². The monoisotopic (exact) mass is 279 g/mol. The van der Waals surface area contributed by atoms with Gasteiger partial charge in [-0.2, -0.15) is 4.98 Å². The zero-order chi connectivity index (χ0) is 13.9. The molecule has 1 aliphatic heterocycles. The predicted octanol–water partition coefficient (Wildman–Crippen LogP) is 2.23. The van der Waals surface area contributed by atoms with Crippen molar-refractivity contribution in [3.05, 3.63) is 11.7 Å².